The lowest BCUT2D eigenvalue weighted by molar-refractivity contribution is 0.480. The highest BCUT2D eigenvalue weighted by Gasteiger charge is 2.25. The molecule has 96 valence electrons. The Labute approximate surface area is 105 Å². The first-order valence-corrected chi connectivity index (χ1v) is 7.00. The van der Waals surface area contributed by atoms with Crippen molar-refractivity contribution in [2.75, 3.05) is 11.9 Å². The topological polar surface area (TPSA) is 29.9 Å². The third-order valence-corrected chi connectivity index (χ3v) is 3.51. The van der Waals surface area contributed by atoms with Crippen molar-refractivity contribution >= 4 is 5.95 Å². The second-order valence-electron chi connectivity index (χ2n) is 5.42. The van der Waals surface area contributed by atoms with Gasteiger partial charge < -0.3 is 9.88 Å². The zero-order valence-corrected chi connectivity index (χ0v) is 11.4. The molecule has 0 saturated heterocycles. The van der Waals surface area contributed by atoms with Crippen LogP contribution in [0.3, 0.4) is 0 Å². The largest absolute Gasteiger partial charge is 0.356 e. The zero-order valence-electron chi connectivity index (χ0n) is 11.4. The molecule has 1 fully saturated rings. The van der Waals surface area contributed by atoms with Crippen molar-refractivity contribution in [2.45, 2.75) is 58.9 Å². The fraction of sp³-hybridized carbons (Fsp3) is 0.786. The Bertz CT molecular complexity index is 352. The minimum absolute atomic E-state index is 0.577. The van der Waals surface area contributed by atoms with Crippen LogP contribution >= 0.6 is 0 Å². The van der Waals surface area contributed by atoms with E-state index in [9.17, 15) is 0 Å². The Morgan fingerprint density at radius 2 is 2.29 bits per heavy atom. The molecule has 1 aromatic rings. The molecule has 1 N–H and O–H groups in total. The minimum Gasteiger partial charge on any atom is -0.356 e. The van der Waals surface area contributed by atoms with Gasteiger partial charge in [0.25, 0.3) is 0 Å². The lowest BCUT2D eigenvalue weighted by atomic mass is 10.1. The van der Waals surface area contributed by atoms with E-state index >= 15 is 0 Å². The SMILES string of the molecule is CCCCNc1nc(C)cn1C(C)CC1CC1. The number of aryl methyl sites for hydroxylation is 1. The van der Waals surface area contributed by atoms with Crippen LogP contribution in [0.4, 0.5) is 5.95 Å². The van der Waals surface area contributed by atoms with Gasteiger partial charge in [-0.2, -0.15) is 0 Å². The molecule has 0 amide bonds. The molecule has 3 nitrogen and oxygen atoms in total. The molecule has 0 bridgehead atoms. The first-order chi connectivity index (χ1) is 8.20. The summed E-state index contributed by atoms with van der Waals surface area (Å²) in [7, 11) is 0. The van der Waals surface area contributed by atoms with E-state index in [1.807, 2.05) is 0 Å². The van der Waals surface area contributed by atoms with Crippen LogP contribution in [0.25, 0.3) is 0 Å². The number of aromatic nitrogens is 2. The monoisotopic (exact) mass is 235 g/mol. The summed E-state index contributed by atoms with van der Waals surface area (Å²) in [5, 5.41) is 3.46. The smallest absolute Gasteiger partial charge is 0.203 e. The van der Waals surface area contributed by atoms with Gasteiger partial charge in [-0.3, -0.25) is 0 Å². The Balaban J connectivity index is 1.97. The molecule has 1 unspecified atom stereocenters. The number of nitrogens with one attached hydrogen (secondary N) is 1. The van der Waals surface area contributed by atoms with Crippen LogP contribution in [-0.2, 0) is 0 Å². The molecule has 1 heterocycles. The molecule has 3 heteroatoms. The van der Waals surface area contributed by atoms with Crippen LogP contribution in [0.1, 0.15) is 57.7 Å². The maximum atomic E-state index is 4.58. The molecule has 1 atom stereocenters. The van der Waals surface area contributed by atoms with Gasteiger partial charge in [0, 0.05) is 18.8 Å². The Morgan fingerprint density at radius 1 is 1.53 bits per heavy atom. The Kier molecular flexibility index (Phi) is 4.08. The molecule has 2 rings (SSSR count). The normalized spacial score (nSPS) is 17.1. The molecule has 1 aliphatic carbocycles. The molecule has 0 aliphatic heterocycles. The van der Waals surface area contributed by atoms with Crippen LogP contribution in [0, 0.1) is 12.8 Å². The number of unbranched alkanes of at least 4 members (excludes halogenated alkanes) is 1. The summed E-state index contributed by atoms with van der Waals surface area (Å²) in [5.41, 5.74) is 1.12. The van der Waals surface area contributed by atoms with Crippen LogP contribution in [0.15, 0.2) is 6.20 Å². The fourth-order valence-electron chi connectivity index (χ4n) is 2.31. The van der Waals surface area contributed by atoms with Gasteiger partial charge in [-0.05, 0) is 32.6 Å². The van der Waals surface area contributed by atoms with E-state index in [1.54, 1.807) is 0 Å². The van der Waals surface area contributed by atoms with Crippen molar-refractivity contribution in [1.29, 1.82) is 0 Å². The van der Waals surface area contributed by atoms with Crippen molar-refractivity contribution in [3.8, 4) is 0 Å². The third kappa shape index (κ3) is 3.48. The third-order valence-electron chi connectivity index (χ3n) is 3.51. The molecule has 17 heavy (non-hydrogen) atoms. The van der Waals surface area contributed by atoms with Gasteiger partial charge in [-0.15, -0.1) is 0 Å². The lowest BCUT2D eigenvalue weighted by Gasteiger charge is -2.16. The highest BCUT2D eigenvalue weighted by Crippen LogP contribution is 2.37. The van der Waals surface area contributed by atoms with Gasteiger partial charge >= 0.3 is 0 Å². The van der Waals surface area contributed by atoms with E-state index in [-0.39, 0.29) is 0 Å². The predicted octanol–water partition coefficient (Wildman–Crippen LogP) is 3.76. The Morgan fingerprint density at radius 3 is 2.94 bits per heavy atom. The maximum absolute atomic E-state index is 4.58. The van der Waals surface area contributed by atoms with E-state index in [4.69, 9.17) is 0 Å². The second-order valence-corrected chi connectivity index (χ2v) is 5.42. The summed E-state index contributed by atoms with van der Waals surface area (Å²) >= 11 is 0. The molecule has 0 spiro atoms. The predicted molar refractivity (Wildman–Crippen MR) is 72.4 cm³/mol. The first-order valence-electron chi connectivity index (χ1n) is 7.00. The zero-order chi connectivity index (χ0) is 12.3. The lowest BCUT2D eigenvalue weighted by Crippen LogP contribution is -2.12. The highest BCUT2D eigenvalue weighted by molar-refractivity contribution is 5.29. The summed E-state index contributed by atoms with van der Waals surface area (Å²) in [6, 6.07) is 0.577. The summed E-state index contributed by atoms with van der Waals surface area (Å²) in [4.78, 5) is 4.58. The average Bonchev–Trinajstić information content (AvgIpc) is 3.01. The fourth-order valence-corrected chi connectivity index (χ4v) is 2.31. The van der Waals surface area contributed by atoms with E-state index in [0.29, 0.717) is 6.04 Å². The molecule has 0 aromatic carbocycles. The van der Waals surface area contributed by atoms with Gasteiger partial charge in [0.05, 0.1) is 5.69 Å². The summed E-state index contributed by atoms with van der Waals surface area (Å²) in [6.07, 6.45) is 8.78. The molecule has 1 aromatic heterocycles. The molecule has 1 saturated carbocycles. The molecular weight excluding hydrogens is 210 g/mol. The van der Waals surface area contributed by atoms with E-state index in [1.165, 1.54) is 32.1 Å². The van der Waals surface area contributed by atoms with E-state index in [0.717, 1.165) is 24.1 Å². The summed E-state index contributed by atoms with van der Waals surface area (Å²) in [5.74, 6) is 2.03. The van der Waals surface area contributed by atoms with Crippen LogP contribution in [0.2, 0.25) is 0 Å². The van der Waals surface area contributed by atoms with Crippen molar-refractivity contribution in [2.24, 2.45) is 5.92 Å². The van der Waals surface area contributed by atoms with E-state index < -0.39 is 0 Å². The van der Waals surface area contributed by atoms with Crippen LogP contribution in [0.5, 0.6) is 0 Å². The first kappa shape index (κ1) is 12.5. The number of rotatable bonds is 7. The number of imidazole rings is 1. The van der Waals surface area contributed by atoms with Gasteiger partial charge in [0.1, 0.15) is 0 Å². The van der Waals surface area contributed by atoms with Crippen molar-refractivity contribution in [3.63, 3.8) is 0 Å². The van der Waals surface area contributed by atoms with Gasteiger partial charge in [-0.1, -0.05) is 26.2 Å². The maximum Gasteiger partial charge on any atom is 0.203 e. The van der Waals surface area contributed by atoms with Crippen molar-refractivity contribution < 1.29 is 0 Å². The van der Waals surface area contributed by atoms with Crippen molar-refractivity contribution in [3.05, 3.63) is 11.9 Å². The number of hydrogen-bond donors (Lipinski definition) is 1. The molecular formula is C14H25N3. The van der Waals surface area contributed by atoms with Crippen LogP contribution < -0.4 is 5.32 Å². The number of hydrogen-bond acceptors (Lipinski definition) is 2. The Hall–Kier alpha value is -0.990. The highest BCUT2D eigenvalue weighted by atomic mass is 15.2. The molecule has 0 radical (unpaired) electrons. The summed E-state index contributed by atoms with van der Waals surface area (Å²) < 4.78 is 2.32. The van der Waals surface area contributed by atoms with Crippen molar-refractivity contribution in [1.82, 2.24) is 9.55 Å². The standard InChI is InChI=1S/C14H25N3/c1-4-5-8-15-14-16-11(2)10-17(14)12(3)9-13-6-7-13/h10,12-13H,4-9H2,1-3H3,(H,15,16). The minimum atomic E-state index is 0.577. The quantitative estimate of drug-likeness (QED) is 0.729. The van der Waals surface area contributed by atoms with Crippen LogP contribution in [-0.4, -0.2) is 16.1 Å². The summed E-state index contributed by atoms with van der Waals surface area (Å²) in [6.45, 7) is 7.63. The van der Waals surface area contributed by atoms with Gasteiger partial charge in [-0.25, -0.2) is 4.98 Å². The average molecular weight is 235 g/mol. The van der Waals surface area contributed by atoms with Gasteiger partial charge in [0.15, 0.2) is 0 Å². The van der Waals surface area contributed by atoms with E-state index in [2.05, 4.69) is 41.8 Å². The second kappa shape index (κ2) is 5.56. The van der Waals surface area contributed by atoms with Gasteiger partial charge in [0.2, 0.25) is 5.95 Å². The molecule has 1 aliphatic rings. The number of anilines is 1. The number of nitrogens with zero attached hydrogens (tertiary/aromatic N) is 2.